The van der Waals surface area contributed by atoms with Gasteiger partial charge in [-0.25, -0.2) is 0 Å². The summed E-state index contributed by atoms with van der Waals surface area (Å²) in [6, 6.07) is 0. The highest BCUT2D eigenvalue weighted by atomic mass is 16.5. The van der Waals surface area contributed by atoms with E-state index in [2.05, 4.69) is 16.6 Å². The second-order valence-corrected chi connectivity index (χ2v) is 5.20. The first-order chi connectivity index (χ1) is 10.7. The molecule has 1 fully saturated rings. The number of nitrogens with zero attached hydrogens (tertiary/aromatic N) is 1. The molecule has 0 unspecified atom stereocenters. The Labute approximate surface area is 134 Å². The fourth-order valence-corrected chi connectivity index (χ4v) is 2.12. The van der Waals surface area contributed by atoms with Gasteiger partial charge in [-0.15, -0.1) is 0 Å². The largest absolute Gasteiger partial charge is 0.481 e. The van der Waals surface area contributed by atoms with Gasteiger partial charge in [0.2, 0.25) is 0 Å². The Hall–Kier alpha value is -0.690. The monoisotopic (exact) mass is 319 g/mol. The molecule has 1 heterocycles. The number of carboxylic acid groups (broad SMARTS) is 1. The molecule has 0 aliphatic carbocycles. The van der Waals surface area contributed by atoms with Gasteiger partial charge in [-0.2, -0.15) is 0 Å². The van der Waals surface area contributed by atoms with Crippen LogP contribution in [0.4, 0.5) is 0 Å². The van der Waals surface area contributed by atoms with Crippen LogP contribution in [0.25, 0.3) is 0 Å². The number of ether oxygens (including phenoxy) is 3. The highest BCUT2D eigenvalue weighted by Crippen LogP contribution is 2.08. The van der Waals surface area contributed by atoms with E-state index in [4.69, 9.17) is 14.6 Å². The standard InChI is InChI=1S/C10H21NO.C6H12O4/c1-2-12-10-6-9-11-7-4-3-5-8-11;1-9-4-5-10-3-2-6(7)8/h2-10H2,1H3;2-5H2,1H3,(H,7,8). The predicted octanol–water partition coefficient (Wildman–Crippen LogP) is 2.02. The van der Waals surface area contributed by atoms with Crippen molar-refractivity contribution in [3.63, 3.8) is 0 Å². The van der Waals surface area contributed by atoms with E-state index in [1.165, 1.54) is 45.3 Å². The molecule has 0 saturated carbocycles. The van der Waals surface area contributed by atoms with Crippen LogP contribution in [0.5, 0.6) is 0 Å². The highest BCUT2D eigenvalue weighted by molar-refractivity contribution is 5.66. The number of carboxylic acids is 1. The summed E-state index contributed by atoms with van der Waals surface area (Å²) in [5.41, 5.74) is 0. The Morgan fingerprint density at radius 2 is 1.77 bits per heavy atom. The van der Waals surface area contributed by atoms with Gasteiger partial charge in [0.15, 0.2) is 0 Å². The van der Waals surface area contributed by atoms with E-state index in [1.807, 2.05) is 0 Å². The van der Waals surface area contributed by atoms with Crippen molar-refractivity contribution >= 4 is 5.97 Å². The molecule has 1 aliphatic rings. The Morgan fingerprint density at radius 1 is 1.05 bits per heavy atom. The average molecular weight is 319 g/mol. The summed E-state index contributed by atoms with van der Waals surface area (Å²) in [4.78, 5) is 12.5. The van der Waals surface area contributed by atoms with E-state index in [-0.39, 0.29) is 13.0 Å². The minimum Gasteiger partial charge on any atom is -0.481 e. The molecule has 22 heavy (non-hydrogen) atoms. The average Bonchev–Trinajstić information content (AvgIpc) is 2.53. The molecule has 132 valence electrons. The van der Waals surface area contributed by atoms with Crippen LogP contribution < -0.4 is 0 Å². The molecule has 0 radical (unpaired) electrons. The van der Waals surface area contributed by atoms with Crippen LogP contribution in [0, 0.1) is 0 Å². The molecule has 0 aromatic carbocycles. The van der Waals surface area contributed by atoms with E-state index < -0.39 is 5.97 Å². The molecule has 0 spiro atoms. The second kappa shape index (κ2) is 16.7. The molecule has 0 aromatic rings. The van der Waals surface area contributed by atoms with E-state index in [9.17, 15) is 4.79 Å². The fourth-order valence-electron chi connectivity index (χ4n) is 2.12. The van der Waals surface area contributed by atoms with Crippen molar-refractivity contribution in [3.05, 3.63) is 0 Å². The quantitative estimate of drug-likeness (QED) is 0.588. The molecule has 6 nitrogen and oxygen atoms in total. The molecule has 1 N–H and O–H groups in total. The first-order valence-corrected chi connectivity index (χ1v) is 8.29. The van der Waals surface area contributed by atoms with Crippen LogP contribution in [0.1, 0.15) is 39.0 Å². The van der Waals surface area contributed by atoms with Crippen molar-refractivity contribution < 1.29 is 24.1 Å². The van der Waals surface area contributed by atoms with Crippen molar-refractivity contribution in [1.29, 1.82) is 0 Å². The van der Waals surface area contributed by atoms with Gasteiger partial charge in [0.05, 0.1) is 26.2 Å². The molecule has 0 amide bonds. The normalized spacial score (nSPS) is 15.2. The predicted molar refractivity (Wildman–Crippen MR) is 86.3 cm³/mol. The molecule has 1 aliphatic heterocycles. The summed E-state index contributed by atoms with van der Waals surface area (Å²) in [7, 11) is 1.57. The van der Waals surface area contributed by atoms with Crippen molar-refractivity contribution in [2.24, 2.45) is 0 Å². The van der Waals surface area contributed by atoms with Gasteiger partial charge in [0.1, 0.15) is 0 Å². The summed E-state index contributed by atoms with van der Waals surface area (Å²) in [5, 5.41) is 8.16. The van der Waals surface area contributed by atoms with Crippen LogP contribution in [0.2, 0.25) is 0 Å². The van der Waals surface area contributed by atoms with E-state index in [0.29, 0.717) is 13.2 Å². The summed E-state index contributed by atoms with van der Waals surface area (Å²) in [5.74, 6) is -0.836. The first-order valence-electron chi connectivity index (χ1n) is 8.29. The molecule has 1 rings (SSSR count). The van der Waals surface area contributed by atoms with Gasteiger partial charge in [-0.1, -0.05) is 6.42 Å². The number of piperidine rings is 1. The lowest BCUT2D eigenvalue weighted by molar-refractivity contribution is -0.138. The van der Waals surface area contributed by atoms with E-state index in [0.717, 1.165) is 13.2 Å². The zero-order valence-electron chi connectivity index (χ0n) is 14.2. The lowest BCUT2D eigenvalue weighted by Crippen LogP contribution is -2.31. The maximum atomic E-state index is 9.92. The molecular formula is C16H33NO5. The molecule has 0 bridgehead atoms. The Morgan fingerprint density at radius 3 is 2.36 bits per heavy atom. The highest BCUT2D eigenvalue weighted by Gasteiger charge is 2.08. The Balaban J connectivity index is 0.000000409. The Kier molecular flexibility index (Phi) is 16.2. The van der Waals surface area contributed by atoms with Crippen LogP contribution in [-0.2, 0) is 19.0 Å². The molecule has 6 heteroatoms. The topological polar surface area (TPSA) is 68.2 Å². The summed E-state index contributed by atoms with van der Waals surface area (Å²) >= 11 is 0. The third-order valence-electron chi connectivity index (χ3n) is 3.31. The van der Waals surface area contributed by atoms with Crippen molar-refractivity contribution in [2.45, 2.75) is 39.0 Å². The van der Waals surface area contributed by atoms with E-state index >= 15 is 0 Å². The maximum absolute atomic E-state index is 9.92. The van der Waals surface area contributed by atoms with Gasteiger partial charge in [0, 0.05) is 26.9 Å². The zero-order valence-corrected chi connectivity index (χ0v) is 14.2. The van der Waals surface area contributed by atoms with Gasteiger partial charge in [0.25, 0.3) is 0 Å². The van der Waals surface area contributed by atoms with Crippen LogP contribution in [-0.4, -0.2) is 75.8 Å². The summed E-state index contributed by atoms with van der Waals surface area (Å²) in [6.07, 6.45) is 5.49. The lowest BCUT2D eigenvalue weighted by Gasteiger charge is -2.26. The fraction of sp³-hybridized carbons (Fsp3) is 0.938. The van der Waals surface area contributed by atoms with Gasteiger partial charge in [-0.05, 0) is 39.3 Å². The number of carbonyl (C=O) groups is 1. The SMILES string of the molecule is CCOCCCN1CCCCC1.COCCOCCC(=O)O. The number of likely N-dealkylation sites (tertiary alicyclic amines) is 1. The molecule has 0 atom stereocenters. The van der Waals surface area contributed by atoms with Crippen LogP contribution in [0.15, 0.2) is 0 Å². The smallest absolute Gasteiger partial charge is 0.305 e. The number of aliphatic carboxylic acids is 1. The number of hydrogen-bond donors (Lipinski definition) is 1. The Bertz CT molecular complexity index is 245. The van der Waals surface area contributed by atoms with Crippen molar-refractivity contribution in [2.75, 3.05) is 59.8 Å². The third-order valence-corrected chi connectivity index (χ3v) is 3.31. The molecular weight excluding hydrogens is 286 g/mol. The second-order valence-electron chi connectivity index (χ2n) is 5.20. The van der Waals surface area contributed by atoms with Crippen molar-refractivity contribution in [3.8, 4) is 0 Å². The molecule has 1 saturated heterocycles. The van der Waals surface area contributed by atoms with Gasteiger partial charge >= 0.3 is 5.97 Å². The van der Waals surface area contributed by atoms with Crippen molar-refractivity contribution in [1.82, 2.24) is 4.90 Å². The van der Waals surface area contributed by atoms with Gasteiger partial charge < -0.3 is 24.2 Å². The summed E-state index contributed by atoms with van der Waals surface area (Å²) < 4.78 is 14.9. The minimum absolute atomic E-state index is 0.0592. The molecule has 0 aromatic heterocycles. The zero-order chi connectivity index (χ0) is 16.5. The van der Waals surface area contributed by atoms with Crippen LogP contribution in [0.3, 0.4) is 0 Å². The summed E-state index contributed by atoms with van der Waals surface area (Å²) in [6.45, 7) is 8.95. The number of hydrogen-bond acceptors (Lipinski definition) is 5. The van der Waals surface area contributed by atoms with E-state index in [1.54, 1.807) is 7.11 Å². The number of rotatable bonds is 11. The third kappa shape index (κ3) is 15.7. The van der Waals surface area contributed by atoms with Crippen LogP contribution >= 0.6 is 0 Å². The maximum Gasteiger partial charge on any atom is 0.305 e. The lowest BCUT2D eigenvalue weighted by atomic mass is 10.1. The van der Waals surface area contributed by atoms with Gasteiger partial charge in [-0.3, -0.25) is 4.79 Å². The number of methoxy groups -OCH3 is 1. The first kappa shape index (κ1) is 21.3. The minimum atomic E-state index is -0.836.